The Balaban J connectivity index is 1.64. The maximum atomic E-state index is 12.3. The quantitative estimate of drug-likeness (QED) is 0.856. The van der Waals surface area contributed by atoms with Crippen LogP contribution in [0, 0.1) is 0 Å². The number of hydrogen-bond acceptors (Lipinski definition) is 4. The van der Waals surface area contributed by atoms with Crippen molar-refractivity contribution in [3.8, 4) is 0 Å². The normalized spacial score (nSPS) is 15.4. The molecule has 0 N–H and O–H groups in total. The molecule has 0 unspecified atom stereocenters. The summed E-state index contributed by atoms with van der Waals surface area (Å²) in [7, 11) is 0. The van der Waals surface area contributed by atoms with Crippen LogP contribution in [0.2, 0.25) is 5.02 Å². The number of carbonyl (C=O) groups is 1. The molecule has 0 saturated carbocycles. The van der Waals surface area contributed by atoms with Gasteiger partial charge in [0.1, 0.15) is 10.7 Å². The van der Waals surface area contributed by atoms with Gasteiger partial charge < -0.3 is 9.80 Å². The molecule has 1 amide bonds. The summed E-state index contributed by atoms with van der Waals surface area (Å²) in [6, 6.07) is 7.64. The van der Waals surface area contributed by atoms with E-state index < -0.39 is 0 Å². The predicted molar refractivity (Wildman–Crippen MR) is 81.7 cm³/mol. The molecule has 2 aromatic rings. The van der Waals surface area contributed by atoms with Crippen molar-refractivity contribution >= 4 is 34.7 Å². The third-order valence-electron chi connectivity index (χ3n) is 3.35. The first-order chi connectivity index (χ1) is 9.75. The molecule has 0 radical (unpaired) electrons. The summed E-state index contributed by atoms with van der Waals surface area (Å²) in [6.45, 7) is 2.99. The Hall–Kier alpha value is -1.59. The SMILES string of the molecule is O=C(c1sccc1Cl)N1CCN(c2ccccn2)CC1. The number of anilines is 1. The van der Waals surface area contributed by atoms with E-state index in [1.54, 1.807) is 12.3 Å². The number of rotatable bonds is 2. The molecular weight excluding hydrogens is 294 g/mol. The van der Waals surface area contributed by atoms with Gasteiger partial charge in [-0.1, -0.05) is 17.7 Å². The van der Waals surface area contributed by atoms with E-state index in [0.29, 0.717) is 23.0 Å². The predicted octanol–water partition coefficient (Wildman–Crippen LogP) is 2.76. The van der Waals surface area contributed by atoms with Crippen LogP contribution in [-0.2, 0) is 0 Å². The lowest BCUT2D eigenvalue weighted by Gasteiger charge is -2.35. The summed E-state index contributed by atoms with van der Waals surface area (Å²) in [5.41, 5.74) is 0. The molecule has 0 bridgehead atoms. The molecule has 1 saturated heterocycles. The Morgan fingerprint density at radius 2 is 2.00 bits per heavy atom. The number of aromatic nitrogens is 1. The third-order valence-corrected chi connectivity index (χ3v) is 4.68. The maximum Gasteiger partial charge on any atom is 0.265 e. The van der Waals surface area contributed by atoms with Crippen LogP contribution in [0.3, 0.4) is 0 Å². The molecule has 0 aliphatic carbocycles. The molecule has 20 heavy (non-hydrogen) atoms. The summed E-state index contributed by atoms with van der Waals surface area (Å²) < 4.78 is 0. The Morgan fingerprint density at radius 1 is 1.20 bits per heavy atom. The summed E-state index contributed by atoms with van der Waals surface area (Å²) in [6.07, 6.45) is 1.79. The number of hydrogen-bond donors (Lipinski definition) is 0. The minimum absolute atomic E-state index is 0.0330. The molecule has 6 heteroatoms. The zero-order valence-corrected chi connectivity index (χ0v) is 12.4. The van der Waals surface area contributed by atoms with Crippen molar-refractivity contribution in [1.29, 1.82) is 0 Å². The van der Waals surface area contributed by atoms with Gasteiger partial charge in [0.2, 0.25) is 0 Å². The molecule has 0 atom stereocenters. The second-order valence-corrected chi connectivity index (χ2v) is 5.89. The van der Waals surface area contributed by atoms with E-state index in [9.17, 15) is 4.79 Å². The van der Waals surface area contributed by atoms with E-state index in [2.05, 4.69) is 9.88 Å². The number of thiophene rings is 1. The first-order valence-corrected chi connectivity index (χ1v) is 7.70. The van der Waals surface area contributed by atoms with Crippen molar-refractivity contribution < 1.29 is 4.79 Å². The molecule has 4 nitrogen and oxygen atoms in total. The topological polar surface area (TPSA) is 36.4 Å². The van der Waals surface area contributed by atoms with E-state index in [0.717, 1.165) is 18.9 Å². The number of pyridine rings is 1. The minimum atomic E-state index is 0.0330. The minimum Gasteiger partial charge on any atom is -0.353 e. The summed E-state index contributed by atoms with van der Waals surface area (Å²) in [5.74, 6) is 0.999. The Morgan fingerprint density at radius 3 is 2.60 bits per heavy atom. The van der Waals surface area contributed by atoms with Crippen LogP contribution >= 0.6 is 22.9 Å². The van der Waals surface area contributed by atoms with E-state index in [4.69, 9.17) is 11.6 Å². The molecule has 1 aliphatic rings. The summed E-state index contributed by atoms with van der Waals surface area (Å²) in [4.78, 5) is 21.4. The van der Waals surface area contributed by atoms with Crippen LogP contribution in [0.25, 0.3) is 0 Å². The third kappa shape index (κ3) is 2.64. The van der Waals surface area contributed by atoms with Gasteiger partial charge in [-0.15, -0.1) is 11.3 Å². The van der Waals surface area contributed by atoms with Gasteiger partial charge >= 0.3 is 0 Å². The van der Waals surface area contributed by atoms with Gasteiger partial charge in [0.25, 0.3) is 5.91 Å². The van der Waals surface area contributed by atoms with Crippen molar-refractivity contribution in [3.05, 3.63) is 45.7 Å². The van der Waals surface area contributed by atoms with Crippen molar-refractivity contribution in [1.82, 2.24) is 9.88 Å². The fourth-order valence-corrected chi connectivity index (χ4v) is 3.37. The Labute approximate surface area is 126 Å². The Bertz CT molecular complexity index is 593. The van der Waals surface area contributed by atoms with Gasteiger partial charge in [0, 0.05) is 32.4 Å². The highest BCUT2D eigenvalue weighted by Crippen LogP contribution is 2.24. The lowest BCUT2D eigenvalue weighted by atomic mass is 10.3. The average molecular weight is 308 g/mol. The number of amides is 1. The van der Waals surface area contributed by atoms with Gasteiger partial charge in [-0.05, 0) is 23.6 Å². The van der Waals surface area contributed by atoms with Gasteiger partial charge in [0.05, 0.1) is 5.02 Å². The van der Waals surface area contributed by atoms with Crippen molar-refractivity contribution in [2.75, 3.05) is 31.1 Å². The van der Waals surface area contributed by atoms with Crippen LogP contribution in [0.4, 0.5) is 5.82 Å². The monoisotopic (exact) mass is 307 g/mol. The van der Waals surface area contributed by atoms with Crippen LogP contribution in [0.1, 0.15) is 9.67 Å². The molecule has 3 rings (SSSR count). The Kier molecular flexibility index (Phi) is 3.89. The van der Waals surface area contributed by atoms with Gasteiger partial charge in [0.15, 0.2) is 0 Å². The first kappa shape index (κ1) is 13.4. The highest BCUT2D eigenvalue weighted by molar-refractivity contribution is 7.12. The smallest absolute Gasteiger partial charge is 0.265 e. The van der Waals surface area contributed by atoms with Gasteiger partial charge in [-0.25, -0.2) is 4.98 Å². The van der Waals surface area contributed by atoms with E-state index in [1.165, 1.54) is 11.3 Å². The fraction of sp³-hybridized carbons (Fsp3) is 0.286. The first-order valence-electron chi connectivity index (χ1n) is 6.44. The van der Waals surface area contributed by atoms with E-state index in [-0.39, 0.29) is 5.91 Å². The standard InChI is InChI=1S/C14H14ClN3OS/c15-11-4-10-20-13(11)14(19)18-8-6-17(7-9-18)12-3-1-2-5-16-12/h1-5,10H,6-9H2. The van der Waals surface area contributed by atoms with Crippen LogP contribution in [0.5, 0.6) is 0 Å². The second kappa shape index (κ2) is 5.81. The largest absolute Gasteiger partial charge is 0.353 e. The van der Waals surface area contributed by atoms with Gasteiger partial charge in [-0.3, -0.25) is 4.79 Å². The second-order valence-electron chi connectivity index (χ2n) is 4.56. The van der Waals surface area contributed by atoms with Crippen LogP contribution in [0.15, 0.2) is 35.8 Å². The zero-order chi connectivity index (χ0) is 13.9. The molecule has 0 spiro atoms. The van der Waals surface area contributed by atoms with Crippen molar-refractivity contribution in [2.45, 2.75) is 0 Å². The van der Waals surface area contributed by atoms with E-state index >= 15 is 0 Å². The molecule has 1 fully saturated rings. The van der Waals surface area contributed by atoms with Crippen molar-refractivity contribution in [2.24, 2.45) is 0 Å². The van der Waals surface area contributed by atoms with Gasteiger partial charge in [-0.2, -0.15) is 0 Å². The highest BCUT2D eigenvalue weighted by atomic mass is 35.5. The van der Waals surface area contributed by atoms with E-state index in [1.807, 2.05) is 28.5 Å². The zero-order valence-electron chi connectivity index (χ0n) is 10.8. The van der Waals surface area contributed by atoms with Crippen LogP contribution < -0.4 is 4.90 Å². The molecule has 1 aliphatic heterocycles. The fourth-order valence-electron chi connectivity index (χ4n) is 2.27. The van der Waals surface area contributed by atoms with Crippen LogP contribution in [-0.4, -0.2) is 42.0 Å². The summed E-state index contributed by atoms with van der Waals surface area (Å²) in [5, 5.41) is 2.40. The number of piperazine rings is 1. The molecule has 0 aromatic carbocycles. The molecule has 3 heterocycles. The van der Waals surface area contributed by atoms with Crippen molar-refractivity contribution in [3.63, 3.8) is 0 Å². The number of carbonyl (C=O) groups excluding carboxylic acids is 1. The number of nitrogens with zero attached hydrogens (tertiary/aromatic N) is 3. The number of halogens is 1. The highest BCUT2D eigenvalue weighted by Gasteiger charge is 2.24. The molecule has 2 aromatic heterocycles. The summed E-state index contributed by atoms with van der Waals surface area (Å²) >= 11 is 7.42. The average Bonchev–Trinajstić information content (AvgIpc) is 2.94. The lowest BCUT2D eigenvalue weighted by Crippen LogP contribution is -2.48. The lowest BCUT2D eigenvalue weighted by molar-refractivity contribution is 0.0751. The maximum absolute atomic E-state index is 12.3. The molecular formula is C14H14ClN3OS. The molecule has 104 valence electrons.